The number of anilines is 1. The van der Waals surface area contributed by atoms with E-state index in [9.17, 15) is 0 Å². The molecule has 156 valence electrons. The number of hydrogen-bond acceptors (Lipinski definition) is 3. The zero-order chi connectivity index (χ0) is 20.9. The molecule has 6 heteroatoms. The topological polar surface area (TPSA) is 45.1 Å². The molecule has 0 radical (unpaired) electrons. The summed E-state index contributed by atoms with van der Waals surface area (Å²) in [5.41, 5.74) is 3.44. The zero-order valence-corrected chi connectivity index (χ0v) is 18.3. The number of para-hydroxylation sites is 1. The average molecular weight is 420 g/mol. The smallest absolute Gasteiger partial charge is 0.170 e. The van der Waals surface area contributed by atoms with Gasteiger partial charge in [-0.2, -0.15) is 0 Å². The summed E-state index contributed by atoms with van der Waals surface area (Å²) < 4.78 is 2.25. The molecule has 5 nitrogen and oxygen atoms in total. The van der Waals surface area contributed by atoms with E-state index in [0.29, 0.717) is 6.04 Å². The van der Waals surface area contributed by atoms with Gasteiger partial charge < -0.3 is 20.1 Å². The Bertz CT molecular complexity index is 954. The summed E-state index contributed by atoms with van der Waals surface area (Å²) in [6.07, 6.45) is 7.25. The molecule has 0 unspecified atom stereocenters. The first-order valence-corrected chi connectivity index (χ1v) is 11.0. The highest BCUT2D eigenvalue weighted by Crippen LogP contribution is 2.38. The highest BCUT2D eigenvalue weighted by Gasteiger charge is 2.39. The molecule has 30 heavy (non-hydrogen) atoms. The zero-order valence-electron chi connectivity index (χ0n) is 17.5. The first-order valence-electron chi connectivity index (χ1n) is 10.6. The van der Waals surface area contributed by atoms with Gasteiger partial charge in [0.1, 0.15) is 0 Å². The summed E-state index contributed by atoms with van der Waals surface area (Å²) in [4.78, 5) is 6.94. The fourth-order valence-corrected chi connectivity index (χ4v) is 4.31. The number of nitrogens with zero attached hydrogens (tertiary/aromatic N) is 3. The number of rotatable bonds is 8. The van der Waals surface area contributed by atoms with Gasteiger partial charge in [-0.1, -0.05) is 24.3 Å². The van der Waals surface area contributed by atoms with Crippen LogP contribution in [0.2, 0.25) is 0 Å². The number of hydrogen-bond donors (Lipinski definition) is 2. The maximum absolute atomic E-state index is 5.76. The van der Waals surface area contributed by atoms with Gasteiger partial charge in [-0.15, -0.1) is 0 Å². The minimum absolute atomic E-state index is 0.0452. The third-order valence-corrected chi connectivity index (χ3v) is 5.90. The third kappa shape index (κ3) is 4.49. The van der Waals surface area contributed by atoms with Crippen LogP contribution < -0.4 is 10.6 Å². The second-order valence-corrected chi connectivity index (χ2v) is 8.34. The van der Waals surface area contributed by atoms with E-state index >= 15 is 0 Å². The first-order chi connectivity index (χ1) is 14.6. The predicted molar refractivity (Wildman–Crippen MR) is 127 cm³/mol. The van der Waals surface area contributed by atoms with E-state index in [1.54, 1.807) is 0 Å². The van der Waals surface area contributed by atoms with Crippen LogP contribution in [0.4, 0.5) is 5.69 Å². The summed E-state index contributed by atoms with van der Waals surface area (Å²) in [6, 6.07) is 19.2. The van der Waals surface area contributed by atoms with Crippen molar-refractivity contribution < 1.29 is 0 Å². The minimum Gasteiger partial charge on any atom is -0.385 e. The van der Waals surface area contributed by atoms with Crippen LogP contribution in [0.3, 0.4) is 0 Å². The molecule has 1 aliphatic heterocycles. The van der Waals surface area contributed by atoms with Crippen molar-refractivity contribution in [3.63, 3.8) is 0 Å². The highest BCUT2D eigenvalue weighted by molar-refractivity contribution is 7.80. The standard InChI is InChI=1S/C24H29N5S/c1-18(2)28-16-12-19(17-28)23-22(21-11-6-7-13-26-21)27-24(30)29(23)15-8-14-25-20-9-4-3-5-10-20/h3-7,9-13,16-18,22-23,25H,8,14-15H2,1-2H3,(H,27,30)/t22-,23-/m0/s1. The van der Waals surface area contributed by atoms with Gasteiger partial charge in [-0.3, -0.25) is 4.98 Å². The maximum atomic E-state index is 5.76. The SMILES string of the molecule is CC(C)n1ccc([C@H]2[C@H](c3ccccn3)NC(=S)N2CCCNc2ccccc2)c1. The van der Waals surface area contributed by atoms with Crippen molar-refractivity contribution >= 4 is 23.0 Å². The van der Waals surface area contributed by atoms with Crippen LogP contribution in [0, 0.1) is 0 Å². The molecular formula is C24H29N5S. The molecule has 1 aromatic carbocycles. The number of pyridine rings is 1. The van der Waals surface area contributed by atoms with Gasteiger partial charge in [0.25, 0.3) is 0 Å². The Morgan fingerprint density at radius 2 is 1.90 bits per heavy atom. The lowest BCUT2D eigenvalue weighted by Crippen LogP contribution is -2.31. The van der Waals surface area contributed by atoms with Crippen LogP contribution >= 0.6 is 12.2 Å². The lowest BCUT2D eigenvalue weighted by atomic mass is 9.99. The van der Waals surface area contributed by atoms with Crippen molar-refractivity contribution in [3.8, 4) is 0 Å². The molecule has 0 amide bonds. The van der Waals surface area contributed by atoms with E-state index in [0.717, 1.165) is 36.0 Å². The quantitative estimate of drug-likeness (QED) is 0.400. The van der Waals surface area contributed by atoms with Crippen molar-refractivity contribution in [3.05, 3.63) is 84.4 Å². The molecule has 1 aliphatic rings. The summed E-state index contributed by atoms with van der Waals surface area (Å²) in [5, 5.41) is 7.82. The second-order valence-electron chi connectivity index (χ2n) is 7.95. The Morgan fingerprint density at radius 1 is 1.10 bits per heavy atom. The lowest BCUT2D eigenvalue weighted by molar-refractivity contribution is 0.316. The van der Waals surface area contributed by atoms with Crippen molar-refractivity contribution in [1.82, 2.24) is 19.8 Å². The fourth-order valence-electron chi connectivity index (χ4n) is 3.97. The highest BCUT2D eigenvalue weighted by atomic mass is 32.1. The van der Waals surface area contributed by atoms with Gasteiger partial charge in [0, 0.05) is 43.4 Å². The molecule has 0 bridgehead atoms. The summed E-state index contributed by atoms with van der Waals surface area (Å²) in [7, 11) is 0. The number of nitrogens with one attached hydrogen (secondary N) is 2. The van der Waals surface area contributed by atoms with Crippen LogP contribution in [-0.2, 0) is 0 Å². The Balaban J connectivity index is 1.51. The number of aromatic nitrogens is 2. The van der Waals surface area contributed by atoms with Crippen molar-refractivity contribution in [2.75, 3.05) is 18.4 Å². The van der Waals surface area contributed by atoms with E-state index in [1.165, 1.54) is 5.56 Å². The summed E-state index contributed by atoms with van der Waals surface area (Å²) in [5.74, 6) is 0. The molecule has 0 spiro atoms. The van der Waals surface area contributed by atoms with Crippen LogP contribution in [-0.4, -0.2) is 32.7 Å². The molecule has 2 atom stereocenters. The van der Waals surface area contributed by atoms with E-state index in [2.05, 4.69) is 87.7 Å². The fraction of sp³-hybridized carbons (Fsp3) is 0.333. The molecule has 1 saturated heterocycles. The van der Waals surface area contributed by atoms with E-state index < -0.39 is 0 Å². The molecular weight excluding hydrogens is 390 g/mol. The molecule has 0 aliphatic carbocycles. The summed E-state index contributed by atoms with van der Waals surface area (Å²) >= 11 is 5.76. The van der Waals surface area contributed by atoms with E-state index in [4.69, 9.17) is 12.2 Å². The van der Waals surface area contributed by atoms with Gasteiger partial charge >= 0.3 is 0 Å². The van der Waals surface area contributed by atoms with Gasteiger partial charge in [-0.05, 0) is 68.4 Å². The van der Waals surface area contributed by atoms with Crippen LogP contribution in [0.25, 0.3) is 0 Å². The molecule has 4 rings (SSSR count). The monoisotopic (exact) mass is 419 g/mol. The second kappa shape index (κ2) is 9.30. The molecule has 3 aromatic rings. The third-order valence-electron chi connectivity index (χ3n) is 5.55. The summed E-state index contributed by atoms with van der Waals surface area (Å²) in [6.45, 7) is 6.18. The number of thiocarbonyl (C=S) groups is 1. The Kier molecular flexibility index (Phi) is 6.33. The molecule has 2 N–H and O–H groups in total. The predicted octanol–water partition coefficient (Wildman–Crippen LogP) is 4.94. The van der Waals surface area contributed by atoms with E-state index in [-0.39, 0.29) is 12.1 Å². The van der Waals surface area contributed by atoms with Gasteiger partial charge in [-0.25, -0.2) is 0 Å². The van der Waals surface area contributed by atoms with Crippen molar-refractivity contribution in [1.29, 1.82) is 0 Å². The Morgan fingerprint density at radius 3 is 2.60 bits per heavy atom. The average Bonchev–Trinajstić information content (AvgIpc) is 3.37. The Hall–Kier alpha value is -2.86. The Labute approximate surface area is 184 Å². The lowest BCUT2D eigenvalue weighted by Gasteiger charge is -2.27. The van der Waals surface area contributed by atoms with Gasteiger partial charge in [0.2, 0.25) is 0 Å². The van der Waals surface area contributed by atoms with Gasteiger partial charge in [0.15, 0.2) is 5.11 Å². The maximum Gasteiger partial charge on any atom is 0.170 e. The minimum atomic E-state index is 0.0452. The van der Waals surface area contributed by atoms with Crippen LogP contribution in [0.1, 0.15) is 49.7 Å². The molecule has 1 fully saturated rings. The molecule has 0 saturated carbocycles. The van der Waals surface area contributed by atoms with Crippen molar-refractivity contribution in [2.24, 2.45) is 0 Å². The van der Waals surface area contributed by atoms with Crippen molar-refractivity contribution in [2.45, 2.75) is 38.4 Å². The first kappa shape index (κ1) is 20.4. The van der Waals surface area contributed by atoms with Crippen LogP contribution in [0.15, 0.2) is 73.2 Å². The molecule has 2 aromatic heterocycles. The molecule has 3 heterocycles. The van der Waals surface area contributed by atoms with Crippen LogP contribution in [0.5, 0.6) is 0 Å². The largest absolute Gasteiger partial charge is 0.385 e. The van der Waals surface area contributed by atoms with E-state index in [1.807, 2.05) is 24.4 Å². The normalized spacial score (nSPS) is 18.6. The van der Waals surface area contributed by atoms with Gasteiger partial charge in [0.05, 0.1) is 17.8 Å². The number of benzene rings is 1.